The highest BCUT2D eigenvalue weighted by Gasteiger charge is 2.27. The number of hydrogen-bond donors (Lipinski definition) is 1. The molecule has 1 aromatic carbocycles. The third-order valence-electron chi connectivity index (χ3n) is 4.27. The van der Waals surface area contributed by atoms with Crippen molar-refractivity contribution in [3.63, 3.8) is 0 Å². The van der Waals surface area contributed by atoms with Crippen molar-refractivity contribution < 1.29 is 0 Å². The first-order chi connectivity index (χ1) is 10.1. The number of piperazine rings is 1. The lowest BCUT2D eigenvalue weighted by Crippen LogP contribution is -2.56. The summed E-state index contributed by atoms with van der Waals surface area (Å²) in [6.07, 6.45) is 3.82. The van der Waals surface area contributed by atoms with Gasteiger partial charge in [-0.25, -0.2) is 0 Å². The Kier molecular flexibility index (Phi) is 6.72. The van der Waals surface area contributed by atoms with E-state index in [9.17, 15) is 0 Å². The lowest BCUT2D eigenvalue weighted by Gasteiger charge is -2.41. The number of benzene rings is 1. The molecule has 0 spiro atoms. The van der Waals surface area contributed by atoms with E-state index in [0.29, 0.717) is 12.1 Å². The van der Waals surface area contributed by atoms with Crippen LogP contribution in [0, 0.1) is 5.92 Å². The van der Waals surface area contributed by atoms with Gasteiger partial charge in [-0.1, -0.05) is 55.3 Å². The van der Waals surface area contributed by atoms with Gasteiger partial charge in [-0.2, -0.15) is 0 Å². The van der Waals surface area contributed by atoms with Gasteiger partial charge in [-0.15, -0.1) is 0 Å². The maximum atomic E-state index is 3.76. The first kappa shape index (κ1) is 17.0. The van der Waals surface area contributed by atoms with Gasteiger partial charge in [0, 0.05) is 36.2 Å². The van der Waals surface area contributed by atoms with E-state index in [4.69, 9.17) is 0 Å². The zero-order chi connectivity index (χ0) is 15.2. The molecule has 2 rings (SSSR count). The van der Waals surface area contributed by atoms with Crippen LogP contribution in [0.3, 0.4) is 0 Å². The monoisotopic (exact) mass is 352 g/mol. The minimum Gasteiger partial charge on any atom is -0.311 e. The number of nitrogens with one attached hydrogen (secondary N) is 1. The lowest BCUT2D eigenvalue weighted by atomic mass is 9.97. The second-order valence-electron chi connectivity index (χ2n) is 6.74. The molecule has 2 atom stereocenters. The van der Waals surface area contributed by atoms with Crippen molar-refractivity contribution in [3.8, 4) is 0 Å². The Morgan fingerprint density at radius 2 is 2.19 bits per heavy atom. The van der Waals surface area contributed by atoms with Crippen LogP contribution in [-0.2, 0) is 6.54 Å². The molecule has 0 radical (unpaired) electrons. The topological polar surface area (TPSA) is 15.3 Å². The molecule has 2 nitrogen and oxygen atoms in total. The summed E-state index contributed by atoms with van der Waals surface area (Å²) in [5.74, 6) is 0.762. The third-order valence-corrected chi connectivity index (χ3v) is 4.76. The maximum absolute atomic E-state index is 3.76. The van der Waals surface area contributed by atoms with Crippen LogP contribution in [0.15, 0.2) is 28.7 Å². The lowest BCUT2D eigenvalue weighted by molar-refractivity contribution is 0.108. The average Bonchev–Trinajstić information content (AvgIpc) is 2.41. The largest absolute Gasteiger partial charge is 0.311 e. The molecule has 0 aromatic heterocycles. The number of nitrogens with zero attached hydrogens (tertiary/aromatic N) is 1. The first-order valence-corrected chi connectivity index (χ1v) is 9.09. The summed E-state index contributed by atoms with van der Waals surface area (Å²) in [4.78, 5) is 2.69. The Morgan fingerprint density at radius 1 is 1.38 bits per heavy atom. The van der Waals surface area contributed by atoms with Crippen molar-refractivity contribution in [1.82, 2.24) is 10.2 Å². The highest BCUT2D eigenvalue weighted by atomic mass is 79.9. The van der Waals surface area contributed by atoms with Crippen LogP contribution in [0.5, 0.6) is 0 Å². The van der Waals surface area contributed by atoms with Gasteiger partial charge in [-0.3, -0.25) is 4.90 Å². The molecule has 3 heteroatoms. The third kappa shape index (κ3) is 5.39. The van der Waals surface area contributed by atoms with Crippen LogP contribution in [0.25, 0.3) is 0 Å². The fraction of sp³-hybridized carbons (Fsp3) is 0.667. The van der Waals surface area contributed by atoms with Crippen molar-refractivity contribution in [2.75, 3.05) is 13.1 Å². The molecular formula is C18H29BrN2. The van der Waals surface area contributed by atoms with Crippen LogP contribution in [0.4, 0.5) is 0 Å². The summed E-state index contributed by atoms with van der Waals surface area (Å²) >= 11 is 3.59. The Hall–Kier alpha value is -0.380. The smallest absolute Gasteiger partial charge is 0.0238 e. The minimum atomic E-state index is 0.644. The van der Waals surface area contributed by atoms with Gasteiger partial charge >= 0.3 is 0 Å². The molecule has 0 bridgehead atoms. The van der Waals surface area contributed by atoms with Gasteiger partial charge in [0.2, 0.25) is 0 Å². The van der Waals surface area contributed by atoms with Crippen LogP contribution >= 0.6 is 15.9 Å². The van der Waals surface area contributed by atoms with Crippen molar-refractivity contribution in [3.05, 3.63) is 34.3 Å². The molecular weight excluding hydrogens is 324 g/mol. The van der Waals surface area contributed by atoms with Gasteiger partial charge in [0.05, 0.1) is 0 Å². The molecule has 1 fully saturated rings. The maximum Gasteiger partial charge on any atom is 0.0238 e. The Labute approximate surface area is 138 Å². The number of hydrogen-bond acceptors (Lipinski definition) is 2. The Morgan fingerprint density at radius 3 is 2.86 bits per heavy atom. The molecule has 1 heterocycles. The zero-order valence-corrected chi connectivity index (χ0v) is 15.2. The molecule has 0 saturated carbocycles. The predicted octanol–water partition coefficient (Wildman–Crippen LogP) is 4.44. The molecule has 118 valence electrons. The molecule has 1 saturated heterocycles. The second-order valence-corrected chi connectivity index (χ2v) is 7.65. The minimum absolute atomic E-state index is 0.644. The summed E-state index contributed by atoms with van der Waals surface area (Å²) in [5, 5.41) is 3.76. The normalized spacial score (nSPS) is 23.7. The molecule has 2 unspecified atom stereocenters. The molecule has 1 aliphatic rings. The van der Waals surface area contributed by atoms with Gasteiger partial charge in [0.15, 0.2) is 0 Å². The van der Waals surface area contributed by atoms with Crippen molar-refractivity contribution in [2.24, 2.45) is 5.92 Å². The SMILES string of the molecule is CCCC1CNC(CC(C)C)CN1Cc1cccc(Br)c1. The molecule has 1 aliphatic heterocycles. The van der Waals surface area contributed by atoms with Crippen LogP contribution in [0.1, 0.15) is 45.6 Å². The van der Waals surface area contributed by atoms with Crippen molar-refractivity contribution in [1.29, 1.82) is 0 Å². The summed E-state index contributed by atoms with van der Waals surface area (Å²) in [7, 11) is 0. The molecule has 21 heavy (non-hydrogen) atoms. The fourth-order valence-electron chi connectivity index (χ4n) is 3.34. The number of halogens is 1. The predicted molar refractivity (Wildman–Crippen MR) is 94.5 cm³/mol. The standard InChI is InChI=1S/C18H29BrN2/c1-4-6-18-11-20-17(9-14(2)3)13-21(18)12-15-7-5-8-16(19)10-15/h5,7-8,10,14,17-18,20H,4,6,9,11-13H2,1-3H3. The van der Waals surface area contributed by atoms with E-state index in [2.05, 4.69) is 71.2 Å². The van der Waals surface area contributed by atoms with Crippen molar-refractivity contribution in [2.45, 2.75) is 58.7 Å². The molecule has 0 amide bonds. The quantitative estimate of drug-likeness (QED) is 0.814. The average molecular weight is 353 g/mol. The van der Waals surface area contributed by atoms with Gasteiger partial charge < -0.3 is 5.32 Å². The Bertz CT molecular complexity index is 433. The fourth-order valence-corrected chi connectivity index (χ4v) is 3.78. The van der Waals surface area contributed by atoms with E-state index in [1.165, 1.54) is 35.8 Å². The first-order valence-electron chi connectivity index (χ1n) is 8.30. The highest BCUT2D eigenvalue weighted by Crippen LogP contribution is 2.20. The summed E-state index contributed by atoms with van der Waals surface area (Å²) in [5.41, 5.74) is 1.41. The molecule has 1 aromatic rings. The Balaban J connectivity index is 2.02. The van der Waals surface area contributed by atoms with Crippen LogP contribution in [0.2, 0.25) is 0 Å². The van der Waals surface area contributed by atoms with Crippen LogP contribution < -0.4 is 5.32 Å². The van der Waals surface area contributed by atoms with Gasteiger partial charge in [0.25, 0.3) is 0 Å². The van der Waals surface area contributed by atoms with Crippen LogP contribution in [-0.4, -0.2) is 30.1 Å². The van der Waals surface area contributed by atoms with E-state index in [1.54, 1.807) is 0 Å². The van der Waals surface area contributed by atoms with E-state index >= 15 is 0 Å². The van der Waals surface area contributed by atoms with E-state index in [1.807, 2.05) is 0 Å². The van der Waals surface area contributed by atoms with Crippen molar-refractivity contribution >= 4 is 15.9 Å². The molecule has 1 N–H and O–H groups in total. The second kappa shape index (κ2) is 8.30. The van der Waals surface area contributed by atoms with Gasteiger partial charge in [0.1, 0.15) is 0 Å². The summed E-state index contributed by atoms with van der Waals surface area (Å²) in [6.45, 7) is 10.3. The summed E-state index contributed by atoms with van der Waals surface area (Å²) in [6, 6.07) is 10.1. The molecule has 0 aliphatic carbocycles. The van der Waals surface area contributed by atoms with E-state index in [0.717, 1.165) is 19.0 Å². The van der Waals surface area contributed by atoms with E-state index in [-0.39, 0.29) is 0 Å². The number of rotatable bonds is 6. The van der Waals surface area contributed by atoms with E-state index < -0.39 is 0 Å². The highest BCUT2D eigenvalue weighted by molar-refractivity contribution is 9.10. The zero-order valence-electron chi connectivity index (χ0n) is 13.6. The van der Waals surface area contributed by atoms with Gasteiger partial charge in [-0.05, 0) is 36.5 Å². The summed E-state index contributed by atoms with van der Waals surface area (Å²) < 4.78 is 1.18.